The number of aromatic nitrogens is 2. The normalized spacial score (nSPS) is 10.5. The van der Waals surface area contributed by atoms with Crippen molar-refractivity contribution in [3.05, 3.63) is 26.7 Å². The summed E-state index contributed by atoms with van der Waals surface area (Å²) in [6.45, 7) is 4.20. The van der Waals surface area contributed by atoms with Gasteiger partial charge in [0.15, 0.2) is 5.13 Å². The van der Waals surface area contributed by atoms with Crippen LogP contribution in [0.5, 0.6) is 0 Å². The van der Waals surface area contributed by atoms with Crippen LogP contribution in [-0.4, -0.2) is 15.9 Å². The summed E-state index contributed by atoms with van der Waals surface area (Å²) >= 11 is 2.78. The number of hydrogen-bond donors (Lipinski definition) is 2. The maximum atomic E-state index is 11.8. The average molecular weight is 268 g/mol. The van der Waals surface area contributed by atoms with E-state index in [9.17, 15) is 4.79 Å². The van der Waals surface area contributed by atoms with Gasteiger partial charge in [0.25, 0.3) is 5.91 Å². The molecule has 7 heteroatoms. The largest absolute Gasteiger partial charge is 0.375 e. The SMILES string of the molecule is Cc1ncc(CNC(=O)c2sc(N)nc2C)s1. The Bertz CT molecular complexity index is 546. The molecule has 0 saturated heterocycles. The molecule has 3 N–H and O–H groups in total. The van der Waals surface area contributed by atoms with Gasteiger partial charge in [-0.05, 0) is 13.8 Å². The maximum Gasteiger partial charge on any atom is 0.263 e. The standard InChI is InChI=1S/C10H12N4OS2/c1-5-8(17-10(11)14-5)9(15)13-4-7-3-12-6(2)16-7/h3H,4H2,1-2H3,(H2,11,14)(H,13,15). The molecule has 0 aliphatic heterocycles. The van der Waals surface area contributed by atoms with Gasteiger partial charge in [-0.25, -0.2) is 9.97 Å². The lowest BCUT2D eigenvalue weighted by Gasteiger charge is -2.00. The number of aryl methyl sites for hydroxylation is 2. The van der Waals surface area contributed by atoms with Gasteiger partial charge in [-0.15, -0.1) is 11.3 Å². The molecule has 0 aliphatic rings. The zero-order valence-corrected chi connectivity index (χ0v) is 11.1. The average Bonchev–Trinajstić information content (AvgIpc) is 2.81. The van der Waals surface area contributed by atoms with E-state index in [0.29, 0.717) is 22.2 Å². The lowest BCUT2D eigenvalue weighted by Crippen LogP contribution is -2.22. The summed E-state index contributed by atoms with van der Waals surface area (Å²) in [5, 5.41) is 4.24. The number of anilines is 1. The first-order chi connectivity index (χ1) is 8.06. The molecule has 2 aromatic heterocycles. The molecule has 0 unspecified atom stereocenters. The molecule has 90 valence electrons. The smallest absolute Gasteiger partial charge is 0.263 e. The fourth-order valence-corrected chi connectivity index (χ4v) is 2.85. The van der Waals surface area contributed by atoms with Crippen molar-refractivity contribution >= 4 is 33.7 Å². The van der Waals surface area contributed by atoms with Gasteiger partial charge < -0.3 is 11.1 Å². The van der Waals surface area contributed by atoms with Crippen LogP contribution in [0.4, 0.5) is 5.13 Å². The number of nitrogen functional groups attached to an aromatic ring is 1. The van der Waals surface area contributed by atoms with Crippen LogP contribution in [0.3, 0.4) is 0 Å². The Morgan fingerprint density at radius 3 is 2.76 bits per heavy atom. The topological polar surface area (TPSA) is 80.9 Å². The quantitative estimate of drug-likeness (QED) is 0.888. The van der Waals surface area contributed by atoms with Crippen LogP contribution < -0.4 is 11.1 Å². The van der Waals surface area contributed by atoms with E-state index in [2.05, 4.69) is 15.3 Å². The molecule has 17 heavy (non-hydrogen) atoms. The zero-order chi connectivity index (χ0) is 12.4. The van der Waals surface area contributed by atoms with Crippen molar-refractivity contribution in [3.63, 3.8) is 0 Å². The molecule has 1 amide bonds. The summed E-state index contributed by atoms with van der Waals surface area (Å²) in [5.74, 6) is -0.136. The molecule has 2 rings (SSSR count). The minimum Gasteiger partial charge on any atom is -0.375 e. The molecule has 0 aliphatic carbocycles. The Hall–Kier alpha value is -1.47. The minimum absolute atomic E-state index is 0.136. The Labute approximate surface area is 107 Å². The van der Waals surface area contributed by atoms with Crippen molar-refractivity contribution in [2.75, 3.05) is 5.73 Å². The van der Waals surface area contributed by atoms with Gasteiger partial charge >= 0.3 is 0 Å². The lowest BCUT2D eigenvalue weighted by atomic mass is 10.3. The molecule has 0 aromatic carbocycles. The highest BCUT2D eigenvalue weighted by Crippen LogP contribution is 2.19. The predicted octanol–water partition coefficient (Wildman–Crippen LogP) is 1.73. The fraction of sp³-hybridized carbons (Fsp3) is 0.300. The summed E-state index contributed by atoms with van der Waals surface area (Å²) in [5.41, 5.74) is 6.22. The van der Waals surface area contributed by atoms with Crippen LogP contribution >= 0.6 is 22.7 Å². The summed E-state index contributed by atoms with van der Waals surface area (Å²) in [6, 6.07) is 0. The van der Waals surface area contributed by atoms with Crippen molar-refractivity contribution in [2.45, 2.75) is 20.4 Å². The summed E-state index contributed by atoms with van der Waals surface area (Å²) < 4.78 is 0. The third-order valence-electron chi connectivity index (χ3n) is 2.11. The van der Waals surface area contributed by atoms with Crippen molar-refractivity contribution in [1.29, 1.82) is 0 Å². The number of rotatable bonds is 3. The molecule has 0 bridgehead atoms. The van der Waals surface area contributed by atoms with E-state index in [1.54, 1.807) is 24.5 Å². The second-order valence-electron chi connectivity index (χ2n) is 3.49. The monoisotopic (exact) mass is 268 g/mol. The number of nitrogens with zero attached hydrogens (tertiary/aromatic N) is 2. The number of carbonyl (C=O) groups is 1. The van der Waals surface area contributed by atoms with E-state index in [0.717, 1.165) is 9.88 Å². The second kappa shape index (κ2) is 4.80. The number of thiazole rings is 2. The van der Waals surface area contributed by atoms with Gasteiger partial charge in [0, 0.05) is 11.1 Å². The first kappa shape index (κ1) is 12.0. The van der Waals surface area contributed by atoms with E-state index >= 15 is 0 Å². The van der Waals surface area contributed by atoms with E-state index in [1.807, 2.05) is 6.92 Å². The van der Waals surface area contributed by atoms with Gasteiger partial charge in [-0.1, -0.05) is 11.3 Å². The van der Waals surface area contributed by atoms with Gasteiger partial charge in [-0.3, -0.25) is 4.79 Å². The van der Waals surface area contributed by atoms with Gasteiger partial charge in [0.1, 0.15) is 4.88 Å². The van der Waals surface area contributed by atoms with Crippen molar-refractivity contribution in [1.82, 2.24) is 15.3 Å². The Balaban J connectivity index is 2.00. The van der Waals surface area contributed by atoms with Gasteiger partial charge in [0.2, 0.25) is 0 Å². The minimum atomic E-state index is -0.136. The Morgan fingerprint density at radius 1 is 1.47 bits per heavy atom. The molecule has 5 nitrogen and oxygen atoms in total. The van der Waals surface area contributed by atoms with Crippen LogP contribution in [-0.2, 0) is 6.54 Å². The highest BCUT2D eigenvalue weighted by molar-refractivity contribution is 7.17. The van der Waals surface area contributed by atoms with Crippen molar-refractivity contribution < 1.29 is 4.79 Å². The highest BCUT2D eigenvalue weighted by atomic mass is 32.1. The third-order valence-corrected chi connectivity index (χ3v) is 4.01. The van der Waals surface area contributed by atoms with Crippen LogP contribution in [0.2, 0.25) is 0 Å². The molecule has 2 heterocycles. The van der Waals surface area contributed by atoms with Crippen LogP contribution in [0.25, 0.3) is 0 Å². The molecule has 0 radical (unpaired) electrons. The number of hydrogen-bond acceptors (Lipinski definition) is 6. The first-order valence-electron chi connectivity index (χ1n) is 4.98. The van der Waals surface area contributed by atoms with E-state index in [-0.39, 0.29) is 5.91 Å². The Kier molecular flexibility index (Phi) is 3.39. The number of nitrogens with one attached hydrogen (secondary N) is 1. The number of carbonyl (C=O) groups excluding carboxylic acids is 1. The molecule has 0 saturated carbocycles. The maximum absolute atomic E-state index is 11.8. The van der Waals surface area contributed by atoms with Crippen LogP contribution in [0, 0.1) is 13.8 Å². The number of amides is 1. The predicted molar refractivity (Wildman–Crippen MR) is 69.3 cm³/mol. The lowest BCUT2D eigenvalue weighted by molar-refractivity contribution is 0.0954. The molecule has 0 spiro atoms. The third kappa shape index (κ3) is 2.80. The zero-order valence-electron chi connectivity index (χ0n) is 9.48. The molecule has 0 fully saturated rings. The van der Waals surface area contributed by atoms with Crippen molar-refractivity contribution in [2.24, 2.45) is 0 Å². The highest BCUT2D eigenvalue weighted by Gasteiger charge is 2.13. The molecular formula is C10H12N4OS2. The summed E-state index contributed by atoms with van der Waals surface area (Å²) in [7, 11) is 0. The van der Waals surface area contributed by atoms with Crippen LogP contribution in [0.15, 0.2) is 6.20 Å². The van der Waals surface area contributed by atoms with E-state index in [4.69, 9.17) is 5.73 Å². The number of nitrogens with two attached hydrogens (primary N) is 1. The van der Waals surface area contributed by atoms with Gasteiger partial charge in [-0.2, -0.15) is 0 Å². The van der Waals surface area contributed by atoms with E-state index < -0.39 is 0 Å². The first-order valence-corrected chi connectivity index (χ1v) is 6.62. The summed E-state index contributed by atoms with van der Waals surface area (Å²) in [4.78, 5) is 21.6. The molecule has 0 atom stereocenters. The van der Waals surface area contributed by atoms with Crippen molar-refractivity contribution in [3.8, 4) is 0 Å². The molecule has 2 aromatic rings. The second-order valence-corrected chi connectivity index (χ2v) is 5.84. The van der Waals surface area contributed by atoms with Crippen LogP contribution in [0.1, 0.15) is 25.3 Å². The summed E-state index contributed by atoms with van der Waals surface area (Å²) in [6.07, 6.45) is 1.77. The van der Waals surface area contributed by atoms with E-state index in [1.165, 1.54) is 11.3 Å². The molecular weight excluding hydrogens is 256 g/mol. The Morgan fingerprint density at radius 2 is 2.24 bits per heavy atom. The fourth-order valence-electron chi connectivity index (χ4n) is 1.36. The van der Waals surface area contributed by atoms with Gasteiger partial charge in [0.05, 0.1) is 17.2 Å².